The van der Waals surface area contributed by atoms with Crippen LogP contribution >= 0.6 is 0 Å². The third-order valence-corrected chi connectivity index (χ3v) is 4.50. The lowest BCUT2D eigenvalue weighted by Gasteiger charge is -2.14. The normalized spacial score (nSPS) is 13.0. The molecule has 1 atom stereocenters. The number of amides is 2. The number of hydrogen-bond donors (Lipinski definition) is 3. The highest BCUT2D eigenvalue weighted by molar-refractivity contribution is 7.89. The van der Waals surface area contributed by atoms with Crippen LogP contribution in [0.2, 0.25) is 0 Å². The van der Waals surface area contributed by atoms with Crippen molar-refractivity contribution >= 4 is 22.0 Å². The summed E-state index contributed by atoms with van der Waals surface area (Å²) < 4.78 is 23.9. The molecular weight excluding hydrogens is 286 g/mol. The van der Waals surface area contributed by atoms with Crippen molar-refractivity contribution in [1.82, 2.24) is 14.9 Å². The summed E-state index contributed by atoms with van der Waals surface area (Å²) in [6, 6.07) is -0.457. The summed E-state index contributed by atoms with van der Waals surface area (Å²) in [5.41, 5.74) is 0. The Labute approximate surface area is 119 Å². The van der Waals surface area contributed by atoms with Crippen molar-refractivity contribution in [2.24, 2.45) is 5.92 Å². The molecule has 9 heteroatoms. The number of carbonyl (C=O) groups is 2. The van der Waals surface area contributed by atoms with Crippen LogP contribution in [0, 0.1) is 5.92 Å². The largest absolute Gasteiger partial charge is 0.481 e. The van der Waals surface area contributed by atoms with Crippen LogP contribution in [0.25, 0.3) is 0 Å². The zero-order valence-corrected chi connectivity index (χ0v) is 12.9. The van der Waals surface area contributed by atoms with Gasteiger partial charge in [0.25, 0.3) is 0 Å². The molecular formula is C11H23N3O5S. The lowest BCUT2D eigenvalue weighted by Crippen LogP contribution is -2.41. The molecule has 8 nitrogen and oxygen atoms in total. The van der Waals surface area contributed by atoms with E-state index >= 15 is 0 Å². The maximum Gasteiger partial charge on any atom is 0.314 e. The van der Waals surface area contributed by atoms with Crippen LogP contribution < -0.4 is 10.6 Å². The van der Waals surface area contributed by atoms with Gasteiger partial charge in [0, 0.05) is 33.6 Å². The van der Waals surface area contributed by atoms with Crippen LogP contribution in [0.15, 0.2) is 0 Å². The first-order valence-electron chi connectivity index (χ1n) is 6.29. The average molecular weight is 309 g/mol. The van der Waals surface area contributed by atoms with Crippen molar-refractivity contribution in [1.29, 1.82) is 0 Å². The van der Waals surface area contributed by atoms with Crippen LogP contribution in [0.3, 0.4) is 0 Å². The zero-order valence-electron chi connectivity index (χ0n) is 12.0. The predicted octanol–water partition coefficient (Wildman–Crippen LogP) is -0.322. The number of carbonyl (C=O) groups excluding carboxylic acids is 1. The minimum absolute atomic E-state index is 0.0237. The highest BCUT2D eigenvalue weighted by Gasteiger charge is 2.13. The fourth-order valence-electron chi connectivity index (χ4n) is 1.28. The number of sulfonamides is 1. The molecule has 0 aliphatic carbocycles. The molecule has 0 heterocycles. The van der Waals surface area contributed by atoms with Crippen molar-refractivity contribution in [3.05, 3.63) is 0 Å². The van der Waals surface area contributed by atoms with Crippen LogP contribution in [0.5, 0.6) is 0 Å². The number of aliphatic carboxylic acids is 1. The number of nitrogens with zero attached hydrogens (tertiary/aromatic N) is 1. The van der Waals surface area contributed by atoms with Crippen molar-refractivity contribution in [3.8, 4) is 0 Å². The van der Waals surface area contributed by atoms with Gasteiger partial charge < -0.3 is 15.7 Å². The molecule has 2 amide bonds. The summed E-state index contributed by atoms with van der Waals surface area (Å²) in [5, 5.41) is 13.5. The first-order chi connectivity index (χ1) is 9.15. The smallest absolute Gasteiger partial charge is 0.314 e. The Balaban J connectivity index is 3.82. The summed E-state index contributed by atoms with van der Waals surface area (Å²) in [7, 11) is -0.458. The Morgan fingerprint density at radius 1 is 1.25 bits per heavy atom. The molecule has 0 radical (unpaired) electrons. The zero-order chi connectivity index (χ0) is 15.8. The van der Waals surface area contributed by atoms with E-state index in [1.165, 1.54) is 14.1 Å². The molecule has 0 bridgehead atoms. The molecule has 0 spiro atoms. The fourth-order valence-corrected chi connectivity index (χ4v) is 2.00. The van der Waals surface area contributed by atoms with Crippen molar-refractivity contribution in [2.45, 2.75) is 19.8 Å². The van der Waals surface area contributed by atoms with Crippen molar-refractivity contribution in [3.63, 3.8) is 0 Å². The number of nitrogens with one attached hydrogen (secondary N) is 2. The SMILES string of the molecule is CC(CCC(=O)O)CNC(=O)NCCS(=O)(=O)N(C)C. The number of carboxylic acids is 1. The second-order valence-corrected chi connectivity index (χ2v) is 7.08. The molecule has 0 aromatic heterocycles. The van der Waals surface area contributed by atoms with E-state index in [2.05, 4.69) is 10.6 Å². The summed E-state index contributed by atoms with van der Waals surface area (Å²) in [6.07, 6.45) is 0.538. The summed E-state index contributed by atoms with van der Waals surface area (Å²) in [6.45, 7) is 2.20. The van der Waals surface area contributed by atoms with Gasteiger partial charge in [0.05, 0.1) is 5.75 Å². The van der Waals surface area contributed by atoms with Gasteiger partial charge in [0.2, 0.25) is 10.0 Å². The number of rotatable bonds is 9. The number of carboxylic acid groups (broad SMARTS) is 1. The Kier molecular flexibility index (Phi) is 8.16. The Hall–Kier alpha value is -1.35. The first kappa shape index (κ1) is 18.7. The van der Waals surface area contributed by atoms with Gasteiger partial charge in [-0.3, -0.25) is 4.79 Å². The van der Waals surface area contributed by atoms with E-state index in [9.17, 15) is 18.0 Å². The Morgan fingerprint density at radius 2 is 1.85 bits per heavy atom. The van der Waals surface area contributed by atoms with E-state index in [4.69, 9.17) is 5.11 Å². The number of urea groups is 1. The molecule has 118 valence electrons. The lowest BCUT2D eigenvalue weighted by molar-refractivity contribution is -0.137. The molecule has 1 unspecified atom stereocenters. The highest BCUT2D eigenvalue weighted by Crippen LogP contribution is 2.03. The third-order valence-electron chi connectivity index (χ3n) is 2.66. The van der Waals surface area contributed by atoms with E-state index in [0.717, 1.165) is 4.31 Å². The van der Waals surface area contributed by atoms with E-state index in [0.29, 0.717) is 13.0 Å². The molecule has 0 aromatic rings. The Bertz CT molecular complexity index is 422. The van der Waals surface area contributed by atoms with Crippen molar-refractivity contribution in [2.75, 3.05) is 32.9 Å². The summed E-state index contributed by atoms with van der Waals surface area (Å²) in [4.78, 5) is 21.8. The van der Waals surface area contributed by atoms with Gasteiger partial charge in [-0.15, -0.1) is 0 Å². The van der Waals surface area contributed by atoms with E-state index in [1.54, 1.807) is 0 Å². The van der Waals surface area contributed by atoms with Crippen molar-refractivity contribution < 1.29 is 23.1 Å². The fraction of sp³-hybridized carbons (Fsp3) is 0.818. The third kappa shape index (κ3) is 8.70. The van der Waals surface area contributed by atoms with Gasteiger partial charge in [-0.2, -0.15) is 0 Å². The molecule has 0 aliphatic rings. The standard InChI is InChI=1S/C11H23N3O5S/c1-9(4-5-10(15)16)8-13-11(17)12-6-7-20(18,19)14(2)3/h9H,4-8H2,1-3H3,(H,15,16)(H2,12,13,17). The number of hydrogen-bond acceptors (Lipinski definition) is 4. The minimum Gasteiger partial charge on any atom is -0.481 e. The highest BCUT2D eigenvalue weighted by atomic mass is 32.2. The van der Waals surface area contributed by atoms with E-state index in [1.807, 2.05) is 6.92 Å². The van der Waals surface area contributed by atoms with Gasteiger partial charge >= 0.3 is 12.0 Å². The van der Waals surface area contributed by atoms with Crippen LogP contribution in [0.4, 0.5) is 4.79 Å². The molecule has 0 saturated heterocycles. The minimum atomic E-state index is -3.32. The molecule has 0 fully saturated rings. The summed E-state index contributed by atoms with van der Waals surface area (Å²) >= 11 is 0. The molecule has 0 aromatic carbocycles. The predicted molar refractivity (Wildman–Crippen MR) is 74.9 cm³/mol. The average Bonchev–Trinajstić information content (AvgIpc) is 2.33. The lowest BCUT2D eigenvalue weighted by atomic mass is 10.1. The van der Waals surface area contributed by atoms with Gasteiger partial charge in [-0.05, 0) is 12.3 Å². The molecule has 20 heavy (non-hydrogen) atoms. The topological polar surface area (TPSA) is 116 Å². The van der Waals surface area contributed by atoms with Crippen LogP contribution in [-0.4, -0.2) is 62.8 Å². The Morgan fingerprint density at radius 3 is 2.35 bits per heavy atom. The monoisotopic (exact) mass is 309 g/mol. The molecule has 0 saturated carbocycles. The van der Waals surface area contributed by atoms with Crippen LogP contribution in [-0.2, 0) is 14.8 Å². The second-order valence-electron chi connectivity index (χ2n) is 4.77. The van der Waals surface area contributed by atoms with Gasteiger partial charge in [0.1, 0.15) is 0 Å². The molecule has 3 N–H and O–H groups in total. The van der Waals surface area contributed by atoms with Gasteiger partial charge in [-0.1, -0.05) is 6.92 Å². The second kappa shape index (κ2) is 8.75. The van der Waals surface area contributed by atoms with Gasteiger partial charge in [0.15, 0.2) is 0 Å². The van der Waals surface area contributed by atoms with Crippen LogP contribution in [0.1, 0.15) is 19.8 Å². The quantitative estimate of drug-likeness (QED) is 0.540. The van der Waals surface area contributed by atoms with Gasteiger partial charge in [-0.25, -0.2) is 17.5 Å². The maximum absolute atomic E-state index is 11.4. The maximum atomic E-state index is 11.4. The first-order valence-corrected chi connectivity index (χ1v) is 7.89. The molecule has 0 rings (SSSR count). The van der Waals surface area contributed by atoms with E-state index in [-0.39, 0.29) is 24.6 Å². The molecule has 0 aliphatic heterocycles. The summed E-state index contributed by atoms with van der Waals surface area (Å²) in [5.74, 6) is -0.986. The van der Waals surface area contributed by atoms with E-state index < -0.39 is 22.0 Å².